The van der Waals surface area contributed by atoms with Crippen molar-refractivity contribution < 1.29 is 18.0 Å². The average molecular weight is 380 g/mol. The van der Waals surface area contributed by atoms with Crippen molar-refractivity contribution in [3.8, 4) is 10.6 Å². The van der Waals surface area contributed by atoms with Crippen LogP contribution in [0.4, 0.5) is 13.2 Å². The Bertz CT molecular complexity index is 902. The summed E-state index contributed by atoms with van der Waals surface area (Å²) in [6.45, 7) is 1.56. The van der Waals surface area contributed by atoms with Crippen LogP contribution in [0.1, 0.15) is 27.4 Å². The van der Waals surface area contributed by atoms with Crippen LogP contribution in [0.2, 0.25) is 0 Å². The Hall–Kier alpha value is -2.68. The minimum atomic E-state index is -4.68. The number of amides is 1. The predicted octanol–water partition coefficient (Wildman–Crippen LogP) is 3.83. The number of H-pyrrole nitrogens is 1. The summed E-state index contributed by atoms with van der Waals surface area (Å²) in [6.07, 6.45) is -4.26. The van der Waals surface area contributed by atoms with E-state index in [1.54, 1.807) is 0 Å². The topological polar surface area (TPSA) is 70.7 Å². The van der Waals surface area contributed by atoms with Gasteiger partial charge in [0.1, 0.15) is 5.01 Å². The second-order valence-corrected chi connectivity index (χ2v) is 6.44. The number of carbonyl (C=O) groups excluding carboxylic acids is 1. The predicted molar refractivity (Wildman–Crippen MR) is 91.9 cm³/mol. The zero-order chi connectivity index (χ0) is 18.7. The number of aryl methyl sites for hydroxylation is 1. The van der Waals surface area contributed by atoms with E-state index in [1.165, 1.54) is 18.3 Å². The molecule has 3 rings (SSSR count). The van der Waals surface area contributed by atoms with Gasteiger partial charge in [0.05, 0.1) is 11.3 Å². The maximum absolute atomic E-state index is 12.9. The van der Waals surface area contributed by atoms with Gasteiger partial charge in [0, 0.05) is 29.6 Å². The fourth-order valence-electron chi connectivity index (χ4n) is 2.44. The molecule has 0 aliphatic heterocycles. The molecule has 1 aromatic carbocycles. The van der Waals surface area contributed by atoms with Crippen molar-refractivity contribution in [2.24, 2.45) is 0 Å². The maximum Gasteiger partial charge on any atom is 0.435 e. The molecule has 5 nitrogen and oxygen atoms in total. The van der Waals surface area contributed by atoms with Crippen LogP contribution in [0.25, 0.3) is 10.6 Å². The maximum atomic E-state index is 12.9. The van der Waals surface area contributed by atoms with Gasteiger partial charge in [0.25, 0.3) is 5.91 Å². The minimum absolute atomic E-state index is 0.0786. The third-order valence-electron chi connectivity index (χ3n) is 3.68. The molecule has 0 saturated carbocycles. The highest BCUT2D eigenvalue weighted by atomic mass is 32.1. The molecule has 0 radical (unpaired) electrons. The number of halogens is 3. The van der Waals surface area contributed by atoms with Crippen LogP contribution >= 0.6 is 11.3 Å². The number of thiazole rings is 1. The molecule has 2 aromatic heterocycles. The number of hydrogen-bond donors (Lipinski definition) is 2. The Morgan fingerprint density at radius 2 is 2.00 bits per heavy atom. The van der Waals surface area contributed by atoms with Gasteiger partial charge in [-0.2, -0.15) is 18.3 Å². The fraction of sp³-hybridized carbons (Fsp3) is 0.235. The zero-order valence-corrected chi connectivity index (χ0v) is 14.5. The van der Waals surface area contributed by atoms with Crippen molar-refractivity contribution in [3.63, 3.8) is 0 Å². The lowest BCUT2D eigenvalue weighted by Gasteiger charge is -2.07. The molecule has 0 saturated heterocycles. The number of aromatic amines is 1. The molecule has 0 bridgehead atoms. The Balaban J connectivity index is 1.62. The smallest absolute Gasteiger partial charge is 0.352 e. The van der Waals surface area contributed by atoms with Crippen LogP contribution in [0, 0.1) is 6.92 Å². The first kappa shape index (κ1) is 18.1. The summed E-state index contributed by atoms with van der Waals surface area (Å²) < 4.78 is 38.7. The number of aromatic nitrogens is 3. The van der Waals surface area contributed by atoms with Crippen molar-refractivity contribution in [1.29, 1.82) is 0 Å². The van der Waals surface area contributed by atoms with E-state index in [0.717, 1.165) is 16.3 Å². The van der Waals surface area contributed by atoms with Crippen LogP contribution in [0.5, 0.6) is 0 Å². The number of carbonyl (C=O) groups is 1. The van der Waals surface area contributed by atoms with Crippen molar-refractivity contribution in [2.45, 2.75) is 19.5 Å². The molecule has 1 amide bonds. The van der Waals surface area contributed by atoms with Crippen LogP contribution in [-0.4, -0.2) is 27.6 Å². The molecule has 136 valence electrons. The standard InChI is InChI=1S/C17H15F3N4OS/c1-10-13(14(24-23-10)17(18,19)20)15(25)21-8-7-12-9-26-16(22-12)11-5-3-2-4-6-11/h2-6,9H,7-8H2,1H3,(H,21,25)(H,23,24). The lowest BCUT2D eigenvalue weighted by Crippen LogP contribution is -2.28. The Morgan fingerprint density at radius 1 is 1.27 bits per heavy atom. The lowest BCUT2D eigenvalue weighted by atomic mass is 10.1. The Morgan fingerprint density at radius 3 is 2.69 bits per heavy atom. The van der Waals surface area contributed by atoms with Crippen molar-refractivity contribution in [2.75, 3.05) is 6.54 Å². The van der Waals surface area contributed by atoms with Gasteiger partial charge in [0.2, 0.25) is 0 Å². The van der Waals surface area contributed by atoms with Gasteiger partial charge in [-0.3, -0.25) is 9.89 Å². The van der Waals surface area contributed by atoms with Gasteiger partial charge in [-0.25, -0.2) is 4.98 Å². The molecule has 0 spiro atoms. The first-order chi connectivity index (χ1) is 12.4. The molecule has 9 heteroatoms. The van der Waals surface area contributed by atoms with Crippen molar-refractivity contribution >= 4 is 17.2 Å². The highest BCUT2D eigenvalue weighted by Crippen LogP contribution is 2.31. The largest absolute Gasteiger partial charge is 0.435 e. The SMILES string of the molecule is Cc1[nH]nc(C(F)(F)F)c1C(=O)NCCc1csc(-c2ccccc2)n1. The average Bonchev–Trinajstić information content (AvgIpc) is 3.22. The summed E-state index contributed by atoms with van der Waals surface area (Å²) in [5.41, 5.74) is 0.175. The number of benzene rings is 1. The van der Waals surface area contributed by atoms with Gasteiger partial charge in [-0.15, -0.1) is 11.3 Å². The van der Waals surface area contributed by atoms with Crippen LogP contribution in [0.3, 0.4) is 0 Å². The van der Waals surface area contributed by atoms with E-state index >= 15 is 0 Å². The van der Waals surface area contributed by atoms with E-state index in [4.69, 9.17) is 0 Å². The molecule has 2 heterocycles. The Kier molecular flexibility index (Phi) is 5.08. The Labute approximate surface area is 151 Å². The molecule has 0 fully saturated rings. The molecular formula is C17H15F3N4OS. The molecule has 26 heavy (non-hydrogen) atoms. The number of rotatable bonds is 5. The monoisotopic (exact) mass is 380 g/mol. The van der Waals surface area contributed by atoms with E-state index < -0.39 is 23.3 Å². The summed E-state index contributed by atoms with van der Waals surface area (Å²) in [4.78, 5) is 16.6. The molecule has 0 aliphatic carbocycles. The van der Waals surface area contributed by atoms with Crippen LogP contribution < -0.4 is 5.32 Å². The molecule has 0 unspecified atom stereocenters. The lowest BCUT2D eigenvalue weighted by molar-refractivity contribution is -0.141. The van der Waals surface area contributed by atoms with E-state index in [2.05, 4.69) is 20.5 Å². The van der Waals surface area contributed by atoms with Crippen molar-refractivity contribution in [3.05, 3.63) is 58.4 Å². The number of nitrogens with one attached hydrogen (secondary N) is 2. The molecule has 0 aliphatic rings. The summed E-state index contributed by atoms with van der Waals surface area (Å²) in [5, 5.41) is 10.6. The summed E-state index contributed by atoms with van der Waals surface area (Å²) in [7, 11) is 0. The van der Waals surface area contributed by atoms with Gasteiger partial charge < -0.3 is 5.32 Å². The van der Waals surface area contributed by atoms with E-state index in [1.807, 2.05) is 35.7 Å². The van der Waals surface area contributed by atoms with E-state index in [-0.39, 0.29) is 12.2 Å². The van der Waals surface area contributed by atoms with Crippen LogP contribution in [-0.2, 0) is 12.6 Å². The van der Waals surface area contributed by atoms with Gasteiger partial charge in [0.15, 0.2) is 5.69 Å². The van der Waals surface area contributed by atoms with Gasteiger partial charge in [-0.05, 0) is 6.92 Å². The number of hydrogen-bond acceptors (Lipinski definition) is 4. The number of alkyl halides is 3. The van der Waals surface area contributed by atoms with Crippen molar-refractivity contribution in [1.82, 2.24) is 20.5 Å². The first-order valence-corrected chi connectivity index (χ1v) is 8.64. The summed E-state index contributed by atoms with van der Waals surface area (Å²) in [5.74, 6) is -0.804. The van der Waals surface area contributed by atoms with Gasteiger partial charge in [-0.1, -0.05) is 30.3 Å². The molecule has 3 aromatic rings. The normalized spacial score (nSPS) is 11.5. The number of nitrogens with zero attached hydrogens (tertiary/aromatic N) is 2. The third kappa shape index (κ3) is 3.93. The first-order valence-electron chi connectivity index (χ1n) is 7.76. The molecular weight excluding hydrogens is 365 g/mol. The molecule has 2 N–H and O–H groups in total. The highest BCUT2D eigenvalue weighted by Gasteiger charge is 2.39. The van der Waals surface area contributed by atoms with Gasteiger partial charge >= 0.3 is 6.18 Å². The van der Waals surface area contributed by atoms with E-state index in [0.29, 0.717) is 6.42 Å². The minimum Gasteiger partial charge on any atom is -0.352 e. The summed E-state index contributed by atoms with van der Waals surface area (Å²) >= 11 is 1.48. The second kappa shape index (κ2) is 7.28. The summed E-state index contributed by atoms with van der Waals surface area (Å²) in [6, 6.07) is 9.65. The zero-order valence-electron chi connectivity index (χ0n) is 13.7. The second-order valence-electron chi connectivity index (χ2n) is 5.59. The fourth-order valence-corrected chi connectivity index (χ4v) is 3.30. The third-order valence-corrected chi connectivity index (χ3v) is 4.62. The van der Waals surface area contributed by atoms with E-state index in [9.17, 15) is 18.0 Å². The quantitative estimate of drug-likeness (QED) is 0.707. The van der Waals surface area contributed by atoms with Crippen LogP contribution in [0.15, 0.2) is 35.7 Å². The highest BCUT2D eigenvalue weighted by molar-refractivity contribution is 7.13. The molecule has 0 atom stereocenters.